The van der Waals surface area contributed by atoms with E-state index in [0.717, 1.165) is 5.82 Å². The van der Waals surface area contributed by atoms with Crippen LogP contribution in [0.2, 0.25) is 0 Å². The molecule has 2 N–H and O–H groups in total. The van der Waals surface area contributed by atoms with Gasteiger partial charge in [-0.2, -0.15) is 0 Å². The van der Waals surface area contributed by atoms with Crippen LogP contribution in [0.1, 0.15) is 44.1 Å². The van der Waals surface area contributed by atoms with Crippen LogP contribution in [0.25, 0.3) is 0 Å². The summed E-state index contributed by atoms with van der Waals surface area (Å²) in [5.74, 6) is 0.960. The highest BCUT2D eigenvalue weighted by Gasteiger charge is 2.24. The van der Waals surface area contributed by atoms with Crippen molar-refractivity contribution < 1.29 is 4.39 Å². The van der Waals surface area contributed by atoms with E-state index in [1.807, 2.05) is 23.8 Å². The van der Waals surface area contributed by atoms with Crippen molar-refractivity contribution in [2.75, 3.05) is 0 Å². The Morgan fingerprint density at radius 3 is 2.47 bits per heavy atom. The lowest BCUT2D eigenvalue weighted by Gasteiger charge is -2.26. The number of nitrogens with zero attached hydrogens (tertiary/aromatic N) is 2. The van der Waals surface area contributed by atoms with Gasteiger partial charge in [-0.1, -0.05) is 32.0 Å². The van der Waals surface area contributed by atoms with Crippen LogP contribution in [0.3, 0.4) is 0 Å². The quantitative estimate of drug-likeness (QED) is 0.919. The number of hydrogen-bond donors (Lipinski definition) is 1. The summed E-state index contributed by atoms with van der Waals surface area (Å²) in [6.07, 6.45) is 3.61. The maximum atomic E-state index is 14.0. The summed E-state index contributed by atoms with van der Waals surface area (Å²) in [4.78, 5) is 4.36. The SMILES string of the molecule is CC(C)c1nccn1C(c1ccccc1F)C(C)N. The molecule has 0 radical (unpaired) electrons. The van der Waals surface area contributed by atoms with Crippen LogP contribution in [0, 0.1) is 5.82 Å². The van der Waals surface area contributed by atoms with Gasteiger partial charge >= 0.3 is 0 Å². The number of aromatic nitrogens is 2. The molecule has 0 aliphatic heterocycles. The largest absolute Gasteiger partial charge is 0.326 e. The van der Waals surface area contributed by atoms with Crippen molar-refractivity contribution in [2.24, 2.45) is 5.73 Å². The van der Waals surface area contributed by atoms with Crippen LogP contribution in [0.5, 0.6) is 0 Å². The van der Waals surface area contributed by atoms with Gasteiger partial charge in [-0.3, -0.25) is 0 Å². The van der Waals surface area contributed by atoms with Gasteiger partial charge in [-0.25, -0.2) is 9.37 Å². The number of halogens is 1. The lowest BCUT2D eigenvalue weighted by Crippen LogP contribution is -2.31. The average molecular weight is 261 g/mol. The molecule has 2 unspecified atom stereocenters. The summed E-state index contributed by atoms with van der Waals surface area (Å²) >= 11 is 0. The van der Waals surface area contributed by atoms with Gasteiger partial charge in [-0.05, 0) is 13.0 Å². The molecule has 1 aromatic heterocycles. The Morgan fingerprint density at radius 2 is 1.89 bits per heavy atom. The zero-order valence-electron chi connectivity index (χ0n) is 11.5. The topological polar surface area (TPSA) is 43.8 Å². The van der Waals surface area contributed by atoms with Gasteiger partial charge in [0.2, 0.25) is 0 Å². The fourth-order valence-electron chi connectivity index (χ4n) is 2.41. The Hall–Kier alpha value is -1.68. The summed E-state index contributed by atoms with van der Waals surface area (Å²) in [7, 11) is 0. The molecule has 2 aromatic rings. The van der Waals surface area contributed by atoms with Crippen LogP contribution >= 0.6 is 0 Å². The molecule has 0 fully saturated rings. The number of nitrogens with two attached hydrogens (primary N) is 1. The molecule has 0 bridgehead atoms. The van der Waals surface area contributed by atoms with Gasteiger partial charge in [0, 0.05) is 29.9 Å². The highest BCUT2D eigenvalue weighted by molar-refractivity contribution is 5.24. The first-order chi connectivity index (χ1) is 9.02. The number of benzene rings is 1. The van der Waals surface area contributed by atoms with Gasteiger partial charge in [0.25, 0.3) is 0 Å². The summed E-state index contributed by atoms with van der Waals surface area (Å²) in [5, 5.41) is 0. The van der Waals surface area contributed by atoms with Crippen molar-refractivity contribution in [3.05, 3.63) is 53.9 Å². The standard InChI is InChI=1S/C15H20FN3/c1-10(2)15-18-8-9-19(15)14(11(3)17)12-6-4-5-7-13(12)16/h4-11,14H,17H2,1-3H3. The first-order valence-electron chi connectivity index (χ1n) is 6.55. The van der Waals surface area contributed by atoms with Crippen molar-refractivity contribution in [1.29, 1.82) is 0 Å². The molecule has 2 rings (SSSR count). The molecule has 0 aliphatic carbocycles. The fourth-order valence-corrected chi connectivity index (χ4v) is 2.41. The summed E-state index contributed by atoms with van der Waals surface area (Å²) in [6, 6.07) is 6.34. The molecule has 0 spiro atoms. The molecule has 2 atom stereocenters. The van der Waals surface area contributed by atoms with E-state index in [0.29, 0.717) is 5.56 Å². The molecule has 0 aliphatic rings. The molecule has 4 heteroatoms. The molecule has 102 valence electrons. The predicted octanol–water partition coefficient (Wildman–Crippen LogP) is 3.08. The van der Waals surface area contributed by atoms with Gasteiger partial charge in [0.1, 0.15) is 11.6 Å². The van der Waals surface area contributed by atoms with E-state index in [1.165, 1.54) is 6.07 Å². The van der Waals surface area contributed by atoms with E-state index in [2.05, 4.69) is 18.8 Å². The highest BCUT2D eigenvalue weighted by Crippen LogP contribution is 2.27. The second-order valence-electron chi connectivity index (χ2n) is 5.17. The fraction of sp³-hybridized carbons (Fsp3) is 0.400. The van der Waals surface area contributed by atoms with Crippen molar-refractivity contribution >= 4 is 0 Å². The zero-order chi connectivity index (χ0) is 14.0. The van der Waals surface area contributed by atoms with Gasteiger partial charge < -0.3 is 10.3 Å². The van der Waals surface area contributed by atoms with Crippen molar-refractivity contribution in [3.8, 4) is 0 Å². The molecular formula is C15H20FN3. The predicted molar refractivity (Wildman–Crippen MR) is 74.5 cm³/mol. The smallest absolute Gasteiger partial charge is 0.128 e. The molecule has 1 aromatic carbocycles. The van der Waals surface area contributed by atoms with E-state index in [-0.39, 0.29) is 23.8 Å². The molecule has 0 amide bonds. The Balaban J connectivity index is 2.53. The Labute approximate surface area is 113 Å². The minimum absolute atomic E-state index is 0.205. The van der Waals surface area contributed by atoms with Gasteiger partial charge in [0.15, 0.2) is 0 Å². The Morgan fingerprint density at radius 1 is 1.21 bits per heavy atom. The zero-order valence-corrected chi connectivity index (χ0v) is 11.5. The number of imidazole rings is 1. The van der Waals surface area contributed by atoms with Crippen LogP contribution in [-0.4, -0.2) is 15.6 Å². The van der Waals surface area contributed by atoms with E-state index < -0.39 is 0 Å². The molecule has 19 heavy (non-hydrogen) atoms. The highest BCUT2D eigenvalue weighted by atomic mass is 19.1. The minimum Gasteiger partial charge on any atom is -0.326 e. The lowest BCUT2D eigenvalue weighted by atomic mass is 9.99. The normalized spacial score (nSPS) is 14.6. The van der Waals surface area contributed by atoms with Crippen molar-refractivity contribution in [3.63, 3.8) is 0 Å². The van der Waals surface area contributed by atoms with Crippen LogP contribution < -0.4 is 5.73 Å². The number of rotatable bonds is 4. The monoisotopic (exact) mass is 261 g/mol. The van der Waals surface area contributed by atoms with Gasteiger partial charge in [-0.15, -0.1) is 0 Å². The molecule has 0 saturated heterocycles. The van der Waals surface area contributed by atoms with Crippen LogP contribution in [0.15, 0.2) is 36.7 Å². The summed E-state index contributed by atoms with van der Waals surface area (Å²) in [5.41, 5.74) is 6.69. The van der Waals surface area contributed by atoms with E-state index in [9.17, 15) is 4.39 Å². The van der Waals surface area contributed by atoms with Gasteiger partial charge in [0.05, 0.1) is 6.04 Å². The average Bonchev–Trinajstić information content (AvgIpc) is 2.80. The summed E-state index contributed by atoms with van der Waals surface area (Å²) in [6.45, 7) is 6.03. The maximum absolute atomic E-state index is 14.0. The second-order valence-corrected chi connectivity index (χ2v) is 5.17. The first-order valence-corrected chi connectivity index (χ1v) is 6.55. The van der Waals surface area contributed by atoms with Crippen LogP contribution in [0.4, 0.5) is 4.39 Å². The maximum Gasteiger partial charge on any atom is 0.128 e. The molecule has 1 heterocycles. The van der Waals surface area contributed by atoms with Crippen LogP contribution in [-0.2, 0) is 0 Å². The van der Waals surface area contributed by atoms with E-state index in [1.54, 1.807) is 18.3 Å². The molecule has 3 nitrogen and oxygen atoms in total. The summed E-state index contributed by atoms with van der Waals surface area (Å²) < 4.78 is 16.0. The third-order valence-electron chi connectivity index (χ3n) is 3.24. The molecule has 0 saturated carbocycles. The Kier molecular flexibility index (Phi) is 4.00. The van der Waals surface area contributed by atoms with E-state index >= 15 is 0 Å². The van der Waals surface area contributed by atoms with Crippen molar-refractivity contribution in [2.45, 2.75) is 38.8 Å². The third-order valence-corrected chi connectivity index (χ3v) is 3.24. The number of hydrogen-bond acceptors (Lipinski definition) is 2. The van der Waals surface area contributed by atoms with Crippen molar-refractivity contribution in [1.82, 2.24) is 9.55 Å². The first kappa shape index (κ1) is 13.7. The van der Waals surface area contributed by atoms with E-state index in [4.69, 9.17) is 5.73 Å². The molecular weight excluding hydrogens is 241 g/mol. The lowest BCUT2D eigenvalue weighted by molar-refractivity contribution is 0.450. The Bertz CT molecular complexity index is 546. The minimum atomic E-state index is -0.235. The second kappa shape index (κ2) is 5.53. The third kappa shape index (κ3) is 2.68.